The van der Waals surface area contributed by atoms with Crippen molar-refractivity contribution in [3.63, 3.8) is 0 Å². The molecule has 0 aliphatic rings. The number of amides is 2. The average Bonchev–Trinajstić information content (AvgIpc) is 2.65. The van der Waals surface area contributed by atoms with E-state index in [1.165, 1.54) is 0 Å². The second kappa shape index (κ2) is 9.08. The summed E-state index contributed by atoms with van der Waals surface area (Å²) in [5.41, 5.74) is 6.22. The number of rotatable bonds is 6. The number of hydrogen-bond acceptors (Lipinski definition) is 3. The van der Waals surface area contributed by atoms with E-state index < -0.39 is 0 Å². The van der Waals surface area contributed by atoms with Crippen molar-refractivity contribution in [2.75, 3.05) is 0 Å². The molecule has 0 aromatic heterocycles. The molecule has 132 valence electrons. The van der Waals surface area contributed by atoms with Gasteiger partial charge in [-0.1, -0.05) is 37.6 Å². The van der Waals surface area contributed by atoms with Crippen molar-refractivity contribution in [2.24, 2.45) is 5.92 Å². The van der Waals surface area contributed by atoms with E-state index in [0.717, 1.165) is 11.3 Å². The number of halogens is 1. The van der Waals surface area contributed by atoms with Crippen LogP contribution >= 0.6 is 11.6 Å². The van der Waals surface area contributed by atoms with Gasteiger partial charge in [-0.3, -0.25) is 20.4 Å². The predicted molar refractivity (Wildman–Crippen MR) is 97.3 cm³/mol. The van der Waals surface area contributed by atoms with Gasteiger partial charge in [0.05, 0.1) is 0 Å². The first-order valence-electron chi connectivity index (χ1n) is 8.07. The number of hydrogen-bond donors (Lipinski definition) is 2. The smallest absolute Gasteiger partial charge is 0.269 e. The molecule has 1 atom stereocenters. The molecule has 0 spiro atoms. The molecular weight excluding hydrogens is 340 g/mol. The topological polar surface area (TPSA) is 67.4 Å². The highest BCUT2D eigenvalue weighted by molar-refractivity contribution is 6.30. The molecule has 0 aliphatic heterocycles. The zero-order valence-electron chi connectivity index (χ0n) is 14.2. The molecule has 6 heteroatoms. The first-order chi connectivity index (χ1) is 12.0. The summed E-state index contributed by atoms with van der Waals surface area (Å²) in [6, 6.07) is 14.1. The van der Waals surface area contributed by atoms with Gasteiger partial charge in [0.25, 0.3) is 5.91 Å². The summed E-state index contributed by atoms with van der Waals surface area (Å²) in [4.78, 5) is 23.7. The molecule has 0 heterocycles. The third-order valence-corrected chi connectivity index (χ3v) is 4.05. The molecule has 25 heavy (non-hydrogen) atoms. The summed E-state index contributed by atoms with van der Waals surface area (Å²) >= 11 is 5.83. The Morgan fingerprint density at radius 1 is 1.04 bits per heavy atom. The van der Waals surface area contributed by atoms with Crippen molar-refractivity contribution in [2.45, 2.75) is 26.9 Å². The van der Waals surface area contributed by atoms with E-state index >= 15 is 0 Å². The van der Waals surface area contributed by atoms with Crippen molar-refractivity contribution >= 4 is 23.4 Å². The van der Waals surface area contributed by atoms with Crippen LogP contribution in [0.5, 0.6) is 5.75 Å². The lowest BCUT2D eigenvalue weighted by molar-refractivity contribution is -0.125. The lowest BCUT2D eigenvalue weighted by Crippen LogP contribution is -2.43. The predicted octanol–water partition coefficient (Wildman–Crippen LogP) is 3.73. The lowest BCUT2D eigenvalue weighted by Gasteiger charge is -2.11. The van der Waals surface area contributed by atoms with Crippen LogP contribution in [0.3, 0.4) is 0 Å². The maximum absolute atomic E-state index is 12.0. The van der Waals surface area contributed by atoms with Crippen molar-refractivity contribution in [3.8, 4) is 5.75 Å². The van der Waals surface area contributed by atoms with Gasteiger partial charge < -0.3 is 4.74 Å². The molecule has 0 radical (unpaired) electrons. The third-order valence-electron chi connectivity index (χ3n) is 3.79. The summed E-state index contributed by atoms with van der Waals surface area (Å²) < 4.78 is 5.65. The normalized spacial score (nSPS) is 11.5. The van der Waals surface area contributed by atoms with Crippen LogP contribution in [0, 0.1) is 5.92 Å². The Morgan fingerprint density at radius 3 is 2.28 bits per heavy atom. The number of carbonyl (C=O) groups is 2. The second-order valence-corrected chi connectivity index (χ2v) is 6.13. The molecule has 0 fully saturated rings. The highest BCUT2D eigenvalue weighted by atomic mass is 35.5. The monoisotopic (exact) mass is 360 g/mol. The molecule has 0 bridgehead atoms. The van der Waals surface area contributed by atoms with Gasteiger partial charge in [0.1, 0.15) is 12.4 Å². The summed E-state index contributed by atoms with van der Waals surface area (Å²) in [5.74, 6) is 0.0114. The second-order valence-electron chi connectivity index (χ2n) is 5.69. The first kappa shape index (κ1) is 18.8. The van der Waals surface area contributed by atoms with Crippen molar-refractivity contribution < 1.29 is 14.3 Å². The van der Waals surface area contributed by atoms with Gasteiger partial charge in [0, 0.05) is 16.5 Å². The van der Waals surface area contributed by atoms with Crippen LogP contribution in [-0.4, -0.2) is 11.8 Å². The summed E-state index contributed by atoms with van der Waals surface area (Å²) in [7, 11) is 0. The van der Waals surface area contributed by atoms with E-state index in [-0.39, 0.29) is 17.7 Å². The number of hydrazine groups is 1. The highest BCUT2D eigenvalue weighted by Crippen LogP contribution is 2.17. The van der Waals surface area contributed by atoms with Gasteiger partial charge >= 0.3 is 0 Å². The number of ether oxygens (including phenoxy) is 1. The zero-order valence-corrected chi connectivity index (χ0v) is 15.0. The maximum Gasteiger partial charge on any atom is 0.269 e. The van der Waals surface area contributed by atoms with E-state index in [1.54, 1.807) is 55.5 Å². The molecule has 0 aliphatic carbocycles. The molecule has 2 rings (SSSR count). The Kier molecular flexibility index (Phi) is 6.83. The van der Waals surface area contributed by atoms with E-state index in [0.29, 0.717) is 23.6 Å². The van der Waals surface area contributed by atoms with Crippen molar-refractivity contribution in [3.05, 3.63) is 64.7 Å². The SMILES string of the molecule is CCC(C)C(=O)NNC(=O)c1ccc(COc2ccc(Cl)cc2)cc1. The minimum absolute atomic E-state index is 0.146. The molecular formula is C19H21ClN2O3. The van der Waals surface area contributed by atoms with Crippen LogP contribution in [0.2, 0.25) is 5.02 Å². The fraction of sp³-hybridized carbons (Fsp3) is 0.263. The fourth-order valence-electron chi connectivity index (χ4n) is 1.95. The van der Waals surface area contributed by atoms with E-state index in [4.69, 9.17) is 16.3 Å². The fourth-order valence-corrected chi connectivity index (χ4v) is 2.07. The van der Waals surface area contributed by atoms with Gasteiger partial charge in [-0.15, -0.1) is 0 Å². The summed E-state index contributed by atoms with van der Waals surface area (Å²) in [6.07, 6.45) is 0.712. The Hall–Kier alpha value is -2.53. The first-order valence-corrected chi connectivity index (χ1v) is 8.45. The summed E-state index contributed by atoms with van der Waals surface area (Å²) in [5, 5.41) is 0.656. The average molecular weight is 361 g/mol. The van der Waals surface area contributed by atoms with Crippen molar-refractivity contribution in [1.82, 2.24) is 10.9 Å². The van der Waals surface area contributed by atoms with Crippen molar-refractivity contribution in [1.29, 1.82) is 0 Å². The van der Waals surface area contributed by atoms with E-state index in [1.807, 2.05) is 6.92 Å². The Bertz CT molecular complexity index is 714. The lowest BCUT2D eigenvalue weighted by atomic mass is 10.1. The van der Waals surface area contributed by atoms with Crippen LogP contribution in [0.4, 0.5) is 0 Å². The molecule has 5 nitrogen and oxygen atoms in total. The molecule has 2 aromatic rings. The molecule has 0 saturated heterocycles. The largest absolute Gasteiger partial charge is 0.489 e. The van der Waals surface area contributed by atoms with E-state index in [9.17, 15) is 9.59 Å². The summed E-state index contributed by atoms with van der Waals surface area (Å²) in [6.45, 7) is 4.10. The Morgan fingerprint density at radius 2 is 1.68 bits per heavy atom. The zero-order chi connectivity index (χ0) is 18.2. The Labute approximate surface area is 152 Å². The quantitative estimate of drug-likeness (QED) is 0.771. The van der Waals surface area contributed by atoms with Crippen LogP contribution in [0.25, 0.3) is 0 Å². The number of nitrogens with one attached hydrogen (secondary N) is 2. The van der Waals surface area contributed by atoms with E-state index in [2.05, 4.69) is 10.9 Å². The molecule has 1 unspecified atom stereocenters. The number of carbonyl (C=O) groups excluding carboxylic acids is 2. The van der Waals surface area contributed by atoms with Crippen LogP contribution in [0.15, 0.2) is 48.5 Å². The third kappa shape index (κ3) is 5.80. The minimum atomic E-state index is -0.359. The molecule has 0 saturated carbocycles. The Balaban J connectivity index is 1.85. The highest BCUT2D eigenvalue weighted by Gasteiger charge is 2.12. The maximum atomic E-state index is 12.0. The van der Waals surface area contributed by atoms with Crippen LogP contribution in [0.1, 0.15) is 36.2 Å². The van der Waals surface area contributed by atoms with Gasteiger partial charge in [-0.05, 0) is 48.4 Å². The minimum Gasteiger partial charge on any atom is -0.489 e. The molecule has 2 amide bonds. The van der Waals surface area contributed by atoms with Gasteiger partial charge in [-0.2, -0.15) is 0 Å². The van der Waals surface area contributed by atoms with Gasteiger partial charge in [0.2, 0.25) is 5.91 Å². The number of benzene rings is 2. The molecule has 2 N–H and O–H groups in total. The van der Waals surface area contributed by atoms with Gasteiger partial charge in [0.15, 0.2) is 0 Å². The molecule has 2 aromatic carbocycles. The van der Waals surface area contributed by atoms with Crippen LogP contribution < -0.4 is 15.6 Å². The van der Waals surface area contributed by atoms with Gasteiger partial charge in [-0.25, -0.2) is 0 Å². The standard InChI is InChI=1S/C19H21ClN2O3/c1-3-13(2)18(23)21-22-19(24)15-6-4-14(5-7-15)12-25-17-10-8-16(20)9-11-17/h4-11,13H,3,12H2,1-2H3,(H,21,23)(H,22,24). The van der Waals surface area contributed by atoms with Crippen LogP contribution in [-0.2, 0) is 11.4 Å².